The van der Waals surface area contributed by atoms with Crippen LogP contribution in [0.25, 0.3) is 0 Å². The predicted molar refractivity (Wildman–Crippen MR) is 65.0 cm³/mol. The summed E-state index contributed by atoms with van der Waals surface area (Å²) in [6.07, 6.45) is 2.17. The Morgan fingerprint density at radius 3 is 2.59 bits per heavy atom. The molecule has 0 unspecified atom stereocenters. The minimum Gasteiger partial charge on any atom is -0.343 e. The van der Waals surface area contributed by atoms with E-state index in [9.17, 15) is 9.59 Å². The van der Waals surface area contributed by atoms with Gasteiger partial charge in [-0.1, -0.05) is 0 Å². The summed E-state index contributed by atoms with van der Waals surface area (Å²) in [7, 11) is 0. The molecule has 3 amide bonds. The fourth-order valence-corrected chi connectivity index (χ4v) is 2.66. The van der Waals surface area contributed by atoms with Crippen LogP contribution < -0.4 is 5.32 Å². The smallest absolute Gasteiger partial charge is 0.317 e. The number of nitrogens with one attached hydrogen (secondary N) is 1. The number of urea groups is 1. The number of hydrogen-bond donors (Lipinski definition) is 1. The standard InChI is InChI=1S/C11H18ClN3O2/c12-4-1-10(16)14-6-2-9(3-7-14)15-8-5-13-11(15)17/h9H,1-8H2,(H,13,17). The maximum absolute atomic E-state index is 11.6. The minimum absolute atomic E-state index is 0.0375. The van der Waals surface area contributed by atoms with E-state index in [1.165, 1.54) is 0 Å². The Bertz CT molecular complexity index is 303. The molecule has 6 heteroatoms. The van der Waals surface area contributed by atoms with Gasteiger partial charge in [-0.25, -0.2) is 4.79 Å². The topological polar surface area (TPSA) is 52.7 Å². The lowest BCUT2D eigenvalue weighted by molar-refractivity contribution is -0.132. The van der Waals surface area contributed by atoms with Gasteiger partial charge < -0.3 is 15.1 Å². The molecule has 2 saturated heterocycles. The number of piperidine rings is 1. The Morgan fingerprint density at radius 1 is 1.35 bits per heavy atom. The van der Waals surface area contributed by atoms with Crippen molar-refractivity contribution in [3.63, 3.8) is 0 Å². The van der Waals surface area contributed by atoms with Crippen LogP contribution in [0.4, 0.5) is 4.79 Å². The van der Waals surface area contributed by atoms with Gasteiger partial charge in [-0.3, -0.25) is 4.79 Å². The van der Waals surface area contributed by atoms with E-state index in [4.69, 9.17) is 11.6 Å². The summed E-state index contributed by atoms with van der Waals surface area (Å²) in [5, 5.41) is 2.81. The molecular formula is C11H18ClN3O2. The Kier molecular flexibility index (Phi) is 4.10. The van der Waals surface area contributed by atoms with Gasteiger partial charge in [0, 0.05) is 44.5 Å². The van der Waals surface area contributed by atoms with E-state index in [0.717, 1.165) is 39.0 Å². The van der Waals surface area contributed by atoms with Gasteiger partial charge in [0.2, 0.25) is 5.91 Å². The van der Waals surface area contributed by atoms with Crippen LogP contribution in [0.5, 0.6) is 0 Å². The molecule has 0 spiro atoms. The van der Waals surface area contributed by atoms with E-state index >= 15 is 0 Å². The molecule has 96 valence electrons. The highest BCUT2D eigenvalue weighted by atomic mass is 35.5. The van der Waals surface area contributed by atoms with Gasteiger partial charge in [-0.05, 0) is 12.8 Å². The maximum Gasteiger partial charge on any atom is 0.317 e. The van der Waals surface area contributed by atoms with E-state index < -0.39 is 0 Å². The second-order valence-corrected chi connectivity index (χ2v) is 4.85. The molecule has 5 nitrogen and oxygen atoms in total. The van der Waals surface area contributed by atoms with Crippen LogP contribution in [0.15, 0.2) is 0 Å². The molecule has 0 saturated carbocycles. The molecule has 0 radical (unpaired) electrons. The van der Waals surface area contributed by atoms with Crippen LogP contribution >= 0.6 is 11.6 Å². The van der Waals surface area contributed by atoms with Gasteiger partial charge in [-0.15, -0.1) is 11.6 Å². The third-order valence-corrected chi connectivity index (χ3v) is 3.65. The number of rotatable bonds is 3. The van der Waals surface area contributed by atoms with Crippen LogP contribution in [-0.4, -0.2) is 59.8 Å². The van der Waals surface area contributed by atoms with E-state index in [-0.39, 0.29) is 18.0 Å². The first-order chi connectivity index (χ1) is 8.22. The van der Waals surface area contributed by atoms with Crippen molar-refractivity contribution in [1.29, 1.82) is 0 Å². The second-order valence-electron chi connectivity index (χ2n) is 4.48. The molecule has 17 heavy (non-hydrogen) atoms. The molecule has 2 aliphatic heterocycles. The Labute approximate surface area is 106 Å². The number of halogens is 1. The van der Waals surface area contributed by atoms with Crippen molar-refractivity contribution in [2.75, 3.05) is 32.1 Å². The molecule has 0 aromatic heterocycles. The van der Waals surface area contributed by atoms with Crippen LogP contribution in [0.1, 0.15) is 19.3 Å². The molecule has 0 aromatic rings. The zero-order chi connectivity index (χ0) is 12.3. The van der Waals surface area contributed by atoms with Gasteiger partial charge in [0.15, 0.2) is 0 Å². The normalized spacial score (nSPS) is 21.8. The molecule has 2 aliphatic rings. The number of carbonyl (C=O) groups is 2. The van der Waals surface area contributed by atoms with E-state index in [0.29, 0.717) is 12.3 Å². The fourth-order valence-electron chi connectivity index (χ4n) is 2.50. The van der Waals surface area contributed by atoms with Crippen molar-refractivity contribution in [2.24, 2.45) is 0 Å². The van der Waals surface area contributed by atoms with Gasteiger partial charge in [0.1, 0.15) is 0 Å². The molecule has 0 atom stereocenters. The maximum atomic E-state index is 11.6. The van der Waals surface area contributed by atoms with Gasteiger partial charge >= 0.3 is 6.03 Å². The van der Waals surface area contributed by atoms with E-state index in [1.54, 1.807) is 0 Å². The average molecular weight is 260 g/mol. The third kappa shape index (κ3) is 2.83. The highest BCUT2D eigenvalue weighted by Crippen LogP contribution is 2.18. The Balaban J connectivity index is 1.81. The van der Waals surface area contributed by atoms with Crippen molar-refractivity contribution >= 4 is 23.5 Å². The fraction of sp³-hybridized carbons (Fsp3) is 0.818. The summed E-state index contributed by atoms with van der Waals surface area (Å²) >= 11 is 5.56. The Hall–Kier alpha value is -0.970. The monoisotopic (exact) mass is 259 g/mol. The van der Waals surface area contributed by atoms with Gasteiger partial charge in [-0.2, -0.15) is 0 Å². The van der Waals surface area contributed by atoms with E-state index in [1.807, 2.05) is 9.80 Å². The van der Waals surface area contributed by atoms with Gasteiger partial charge in [0.25, 0.3) is 0 Å². The van der Waals surface area contributed by atoms with E-state index in [2.05, 4.69) is 5.32 Å². The first kappa shape index (κ1) is 12.5. The molecule has 2 fully saturated rings. The minimum atomic E-state index is 0.0375. The first-order valence-electron chi connectivity index (χ1n) is 6.10. The molecule has 2 rings (SSSR count). The third-order valence-electron chi connectivity index (χ3n) is 3.46. The van der Waals surface area contributed by atoms with Crippen LogP contribution in [0.3, 0.4) is 0 Å². The summed E-state index contributed by atoms with van der Waals surface area (Å²) in [6.45, 7) is 3.01. The summed E-state index contributed by atoms with van der Waals surface area (Å²) in [5.74, 6) is 0.511. The van der Waals surface area contributed by atoms with Crippen molar-refractivity contribution in [3.8, 4) is 0 Å². The summed E-state index contributed by atoms with van der Waals surface area (Å²) in [6, 6.07) is 0.327. The zero-order valence-corrected chi connectivity index (χ0v) is 10.6. The second kappa shape index (κ2) is 5.58. The lowest BCUT2D eigenvalue weighted by Crippen LogP contribution is -2.47. The summed E-state index contributed by atoms with van der Waals surface area (Å²) < 4.78 is 0. The molecule has 0 aromatic carbocycles. The van der Waals surface area contributed by atoms with Crippen molar-refractivity contribution in [2.45, 2.75) is 25.3 Å². The van der Waals surface area contributed by atoms with Crippen LogP contribution in [-0.2, 0) is 4.79 Å². The predicted octanol–water partition coefficient (Wildman–Crippen LogP) is 0.632. The lowest BCUT2D eigenvalue weighted by atomic mass is 10.0. The zero-order valence-electron chi connectivity index (χ0n) is 9.82. The van der Waals surface area contributed by atoms with Crippen LogP contribution in [0, 0.1) is 0 Å². The van der Waals surface area contributed by atoms with Gasteiger partial charge in [0.05, 0.1) is 0 Å². The number of likely N-dealkylation sites (tertiary alicyclic amines) is 1. The summed E-state index contributed by atoms with van der Waals surface area (Å²) in [5.41, 5.74) is 0. The largest absolute Gasteiger partial charge is 0.343 e. The molecule has 2 heterocycles. The van der Waals surface area contributed by atoms with Crippen molar-refractivity contribution in [3.05, 3.63) is 0 Å². The summed E-state index contributed by atoms with van der Waals surface area (Å²) in [4.78, 5) is 26.9. The highest BCUT2D eigenvalue weighted by Gasteiger charge is 2.31. The molecular weight excluding hydrogens is 242 g/mol. The number of amides is 3. The highest BCUT2D eigenvalue weighted by molar-refractivity contribution is 6.18. The molecule has 1 N–H and O–H groups in total. The average Bonchev–Trinajstić information content (AvgIpc) is 2.76. The van der Waals surface area contributed by atoms with Crippen molar-refractivity contribution in [1.82, 2.24) is 15.1 Å². The number of hydrogen-bond acceptors (Lipinski definition) is 2. The quantitative estimate of drug-likeness (QED) is 0.756. The number of nitrogens with zero attached hydrogens (tertiary/aromatic N) is 2. The Morgan fingerprint density at radius 2 is 2.06 bits per heavy atom. The molecule has 0 bridgehead atoms. The molecule has 0 aliphatic carbocycles. The van der Waals surface area contributed by atoms with Crippen LogP contribution in [0.2, 0.25) is 0 Å². The first-order valence-corrected chi connectivity index (χ1v) is 6.64. The van der Waals surface area contributed by atoms with Crippen molar-refractivity contribution < 1.29 is 9.59 Å². The number of alkyl halides is 1. The lowest BCUT2D eigenvalue weighted by Gasteiger charge is -2.36. The SMILES string of the molecule is O=C(CCCl)N1CCC(N2CCNC2=O)CC1. The number of carbonyl (C=O) groups excluding carboxylic acids is 2.